The first kappa shape index (κ1) is 14.3. The van der Waals surface area contributed by atoms with E-state index in [1.165, 1.54) is 19.3 Å². The molecule has 0 aromatic rings. The van der Waals surface area contributed by atoms with Gasteiger partial charge in [0.15, 0.2) is 0 Å². The largest absolute Gasteiger partial charge is 0.378 e. The first-order valence-electron chi connectivity index (χ1n) is 7.11. The molecule has 2 rings (SSSR count). The van der Waals surface area contributed by atoms with E-state index in [2.05, 4.69) is 0 Å². The number of hydrogen-bond donors (Lipinski definition) is 1. The Morgan fingerprint density at radius 2 is 1.67 bits per heavy atom. The molecule has 106 valence electrons. The topological polar surface area (TPSA) is 69.4 Å². The van der Waals surface area contributed by atoms with Crippen LogP contribution in [-0.2, 0) is 14.8 Å². The van der Waals surface area contributed by atoms with Gasteiger partial charge < -0.3 is 4.74 Å². The lowest BCUT2D eigenvalue weighted by Crippen LogP contribution is -2.37. The van der Waals surface area contributed by atoms with Crippen LogP contribution in [0.2, 0.25) is 0 Å². The zero-order chi connectivity index (χ0) is 13.1. The molecule has 0 aromatic carbocycles. The second kappa shape index (κ2) is 5.88. The van der Waals surface area contributed by atoms with Crippen LogP contribution in [0.4, 0.5) is 0 Å². The maximum Gasteiger partial charge on any atom is 0.209 e. The summed E-state index contributed by atoms with van der Waals surface area (Å²) in [6.07, 6.45) is 10.5. The summed E-state index contributed by atoms with van der Waals surface area (Å²) in [6.45, 7) is 0.577. The molecule has 2 aliphatic rings. The van der Waals surface area contributed by atoms with Gasteiger partial charge in [-0.15, -0.1) is 0 Å². The van der Waals surface area contributed by atoms with Gasteiger partial charge in [-0.2, -0.15) is 0 Å². The normalized spacial score (nSPS) is 25.4. The first-order valence-corrected chi connectivity index (χ1v) is 8.83. The molecule has 2 fully saturated rings. The molecule has 0 bridgehead atoms. The van der Waals surface area contributed by atoms with Crippen molar-refractivity contribution in [3.63, 3.8) is 0 Å². The lowest BCUT2D eigenvalue weighted by molar-refractivity contribution is -0.0171. The van der Waals surface area contributed by atoms with E-state index in [9.17, 15) is 8.42 Å². The van der Waals surface area contributed by atoms with Crippen molar-refractivity contribution in [2.45, 2.75) is 63.9 Å². The van der Waals surface area contributed by atoms with Gasteiger partial charge in [-0.05, 0) is 25.7 Å². The molecule has 5 heteroatoms. The molecule has 18 heavy (non-hydrogen) atoms. The minimum absolute atomic E-state index is 0.0900. The van der Waals surface area contributed by atoms with Crippen LogP contribution in [0.3, 0.4) is 0 Å². The number of primary sulfonamides is 1. The molecule has 2 aliphatic carbocycles. The van der Waals surface area contributed by atoms with Crippen molar-refractivity contribution in [3.05, 3.63) is 0 Å². The van der Waals surface area contributed by atoms with Crippen molar-refractivity contribution >= 4 is 10.0 Å². The molecular weight excluding hydrogens is 250 g/mol. The van der Waals surface area contributed by atoms with Crippen molar-refractivity contribution in [2.24, 2.45) is 10.6 Å². The maximum atomic E-state index is 11.4. The molecule has 0 heterocycles. The Balaban J connectivity index is 1.89. The van der Waals surface area contributed by atoms with Crippen LogP contribution in [-0.4, -0.2) is 26.9 Å². The molecule has 0 spiro atoms. The van der Waals surface area contributed by atoms with E-state index in [1.807, 2.05) is 0 Å². The Kier molecular flexibility index (Phi) is 4.67. The highest BCUT2D eigenvalue weighted by molar-refractivity contribution is 7.89. The molecular formula is C13H25NO3S. The number of nitrogens with two attached hydrogens (primary N) is 1. The van der Waals surface area contributed by atoms with E-state index in [4.69, 9.17) is 9.88 Å². The van der Waals surface area contributed by atoms with Crippen molar-refractivity contribution < 1.29 is 13.2 Å². The van der Waals surface area contributed by atoms with Crippen molar-refractivity contribution in [3.8, 4) is 0 Å². The predicted molar refractivity (Wildman–Crippen MR) is 71.7 cm³/mol. The number of ether oxygens (including phenoxy) is 1. The summed E-state index contributed by atoms with van der Waals surface area (Å²) in [7, 11) is -3.40. The van der Waals surface area contributed by atoms with Crippen molar-refractivity contribution in [1.29, 1.82) is 0 Å². The van der Waals surface area contributed by atoms with Crippen LogP contribution < -0.4 is 5.14 Å². The molecule has 2 saturated carbocycles. The van der Waals surface area contributed by atoms with Gasteiger partial charge in [0.25, 0.3) is 0 Å². The van der Waals surface area contributed by atoms with Gasteiger partial charge in [0.1, 0.15) is 0 Å². The lowest BCUT2D eigenvalue weighted by atomic mass is 9.89. The van der Waals surface area contributed by atoms with E-state index in [0.717, 1.165) is 38.5 Å². The molecule has 0 amide bonds. The quantitative estimate of drug-likeness (QED) is 0.836. The summed E-state index contributed by atoms with van der Waals surface area (Å²) < 4.78 is 28.7. The number of sulfonamides is 1. The Morgan fingerprint density at radius 1 is 1.06 bits per heavy atom. The summed E-state index contributed by atoms with van der Waals surface area (Å²) in [5, 5.41) is 5.23. The highest BCUT2D eigenvalue weighted by Crippen LogP contribution is 2.40. The van der Waals surface area contributed by atoms with Crippen LogP contribution in [0, 0.1) is 5.41 Å². The fourth-order valence-corrected chi connectivity index (χ4v) is 4.63. The average Bonchev–Trinajstić information content (AvgIpc) is 2.75. The van der Waals surface area contributed by atoms with Gasteiger partial charge in [0.05, 0.1) is 18.5 Å². The van der Waals surface area contributed by atoms with Crippen LogP contribution in [0.1, 0.15) is 57.8 Å². The molecule has 0 radical (unpaired) electrons. The summed E-state index contributed by atoms with van der Waals surface area (Å²) >= 11 is 0. The minimum atomic E-state index is -3.40. The van der Waals surface area contributed by atoms with E-state index in [-0.39, 0.29) is 11.2 Å². The third-order valence-electron chi connectivity index (χ3n) is 4.35. The highest BCUT2D eigenvalue weighted by atomic mass is 32.2. The number of rotatable bonds is 5. The third-order valence-corrected chi connectivity index (χ3v) is 5.36. The molecule has 0 aliphatic heterocycles. The Morgan fingerprint density at radius 3 is 2.22 bits per heavy atom. The van der Waals surface area contributed by atoms with E-state index in [0.29, 0.717) is 12.7 Å². The average molecular weight is 275 g/mol. The van der Waals surface area contributed by atoms with Gasteiger partial charge >= 0.3 is 0 Å². The fourth-order valence-electron chi connectivity index (χ4n) is 3.41. The molecule has 0 atom stereocenters. The maximum absolute atomic E-state index is 11.4. The van der Waals surface area contributed by atoms with Crippen LogP contribution in [0.5, 0.6) is 0 Å². The summed E-state index contributed by atoms with van der Waals surface area (Å²) in [4.78, 5) is 0. The molecule has 0 unspecified atom stereocenters. The minimum Gasteiger partial charge on any atom is -0.378 e. The predicted octanol–water partition coefficient (Wildman–Crippen LogP) is 2.18. The molecule has 4 nitrogen and oxygen atoms in total. The van der Waals surface area contributed by atoms with Crippen LogP contribution in [0.15, 0.2) is 0 Å². The highest BCUT2D eigenvalue weighted by Gasteiger charge is 2.38. The zero-order valence-electron chi connectivity index (χ0n) is 11.1. The number of hydrogen-bond acceptors (Lipinski definition) is 3. The molecule has 0 aromatic heterocycles. The summed E-state index contributed by atoms with van der Waals surface area (Å²) in [5.74, 6) is 0.0900. The Bertz CT molecular complexity index is 354. The monoisotopic (exact) mass is 275 g/mol. The lowest BCUT2D eigenvalue weighted by Gasteiger charge is -2.31. The molecule has 2 N–H and O–H groups in total. The van der Waals surface area contributed by atoms with Crippen LogP contribution >= 0.6 is 0 Å². The van der Waals surface area contributed by atoms with Crippen molar-refractivity contribution in [1.82, 2.24) is 0 Å². The van der Waals surface area contributed by atoms with E-state index < -0.39 is 10.0 Å². The SMILES string of the molecule is NS(=O)(=O)CC1(COC2CCCCC2)CCCC1. The zero-order valence-corrected chi connectivity index (χ0v) is 11.9. The summed E-state index contributed by atoms with van der Waals surface area (Å²) in [6, 6.07) is 0. The molecule has 0 saturated heterocycles. The van der Waals surface area contributed by atoms with Gasteiger partial charge in [-0.3, -0.25) is 0 Å². The van der Waals surface area contributed by atoms with E-state index >= 15 is 0 Å². The summed E-state index contributed by atoms with van der Waals surface area (Å²) in [5.41, 5.74) is -0.203. The van der Waals surface area contributed by atoms with E-state index in [1.54, 1.807) is 0 Å². The van der Waals surface area contributed by atoms with Gasteiger partial charge in [-0.1, -0.05) is 32.1 Å². The third kappa shape index (κ3) is 4.21. The second-order valence-electron chi connectivity index (χ2n) is 6.09. The second-order valence-corrected chi connectivity index (χ2v) is 7.70. The van der Waals surface area contributed by atoms with Crippen LogP contribution in [0.25, 0.3) is 0 Å². The fraction of sp³-hybridized carbons (Fsp3) is 1.00. The van der Waals surface area contributed by atoms with Gasteiger partial charge in [-0.25, -0.2) is 13.6 Å². The standard InChI is InChI=1S/C13H25NO3S/c14-18(15,16)11-13(8-4-5-9-13)10-17-12-6-2-1-3-7-12/h12H,1-11H2,(H2,14,15,16). The Hall–Kier alpha value is -0.130. The first-order chi connectivity index (χ1) is 8.49. The van der Waals surface area contributed by atoms with Gasteiger partial charge in [0, 0.05) is 5.41 Å². The van der Waals surface area contributed by atoms with Crippen molar-refractivity contribution in [2.75, 3.05) is 12.4 Å². The van der Waals surface area contributed by atoms with Gasteiger partial charge in [0.2, 0.25) is 10.0 Å². The smallest absolute Gasteiger partial charge is 0.209 e. The Labute approximate surface area is 110 Å².